The van der Waals surface area contributed by atoms with E-state index in [-0.39, 0.29) is 0 Å². The summed E-state index contributed by atoms with van der Waals surface area (Å²) in [5, 5.41) is 9.40. The number of aliphatic hydroxyl groups excluding tert-OH is 1. The van der Waals surface area contributed by atoms with Crippen LogP contribution in [0.3, 0.4) is 0 Å². The molecule has 0 bridgehead atoms. The van der Waals surface area contributed by atoms with E-state index in [2.05, 4.69) is 20.9 Å². The van der Waals surface area contributed by atoms with Crippen molar-refractivity contribution in [3.8, 4) is 5.75 Å². The van der Waals surface area contributed by atoms with E-state index in [0.29, 0.717) is 6.61 Å². The molecule has 18 heavy (non-hydrogen) atoms. The zero-order chi connectivity index (χ0) is 13.0. The van der Waals surface area contributed by atoms with Crippen LogP contribution >= 0.6 is 15.9 Å². The van der Waals surface area contributed by atoms with E-state index >= 15 is 0 Å². The van der Waals surface area contributed by atoms with Gasteiger partial charge in [0.25, 0.3) is 0 Å². The lowest BCUT2D eigenvalue weighted by Crippen LogP contribution is -1.97. The molecular formula is C14H14BrNO2. The Balaban J connectivity index is 1.98. The number of aliphatic hydroxyl groups is 1. The highest BCUT2D eigenvalue weighted by Gasteiger charge is 2.01. The summed E-state index contributed by atoms with van der Waals surface area (Å²) >= 11 is 3.37. The Morgan fingerprint density at radius 3 is 2.61 bits per heavy atom. The minimum absolute atomic E-state index is 0.451. The number of nitrogens with zero attached hydrogens (tertiary/aromatic N) is 1. The van der Waals surface area contributed by atoms with E-state index in [1.165, 1.54) is 0 Å². The van der Waals surface area contributed by atoms with Crippen molar-refractivity contribution in [1.82, 2.24) is 4.98 Å². The number of hydrogen-bond donors (Lipinski definition) is 1. The molecule has 1 N–H and O–H groups in total. The lowest BCUT2D eigenvalue weighted by atomic mass is 10.1. The fraction of sp³-hybridized carbons (Fsp3) is 0.214. The average molecular weight is 308 g/mol. The highest BCUT2D eigenvalue weighted by atomic mass is 79.9. The normalized spacial score (nSPS) is 12.2. The van der Waals surface area contributed by atoms with Crippen LogP contribution in [0.5, 0.6) is 5.75 Å². The Labute approximate surface area is 115 Å². The largest absolute Gasteiger partial charge is 0.489 e. The summed E-state index contributed by atoms with van der Waals surface area (Å²) in [6.45, 7) is 2.21. The van der Waals surface area contributed by atoms with Crippen molar-refractivity contribution in [2.75, 3.05) is 0 Å². The second kappa shape index (κ2) is 5.98. The van der Waals surface area contributed by atoms with E-state index < -0.39 is 6.10 Å². The molecule has 0 saturated carbocycles. The second-order valence-corrected chi connectivity index (χ2v) is 4.96. The first-order chi connectivity index (χ1) is 8.65. The fourth-order valence-corrected chi connectivity index (χ4v) is 1.96. The molecule has 0 unspecified atom stereocenters. The van der Waals surface area contributed by atoms with Gasteiger partial charge in [-0.2, -0.15) is 0 Å². The minimum atomic E-state index is -0.451. The van der Waals surface area contributed by atoms with Crippen LogP contribution in [-0.4, -0.2) is 10.1 Å². The van der Waals surface area contributed by atoms with Gasteiger partial charge in [0, 0.05) is 22.4 Å². The van der Waals surface area contributed by atoms with Crippen LogP contribution in [0, 0.1) is 0 Å². The van der Waals surface area contributed by atoms with Crippen LogP contribution in [0.25, 0.3) is 0 Å². The molecule has 0 amide bonds. The summed E-state index contributed by atoms with van der Waals surface area (Å²) in [7, 11) is 0. The van der Waals surface area contributed by atoms with E-state index in [4.69, 9.17) is 4.74 Å². The topological polar surface area (TPSA) is 42.4 Å². The smallest absolute Gasteiger partial charge is 0.119 e. The molecular weight excluding hydrogens is 294 g/mol. The molecule has 4 heteroatoms. The quantitative estimate of drug-likeness (QED) is 0.940. The lowest BCUT2D eigenvalue weighted by molar-refractivity contribution is 0.199. The molecule has 2 rings (SSSR count). The molecule has 3 nitrogen and oxygen atoms in total. The highest BCUT2D eigenvalue weighted by molar-refractivity contribution is 9.10. The van der Waals surface area contributed by atoms with Crippen LogP contribution in [0.1, 0.15) is 24.2 Å². The third-order valence-electron chi connectivity index (χ3n) is 2.53. The molecule has 0 aliphatic rings. The standard InChI is InChI=1S/C14H14BrNO2/c1-10(17)12-2-4-14(5-3-12)18-9-11-6-13(15)8-16-7-11/h2-8,10,17H,9H2,1H3/t10-/m1/s1. The molecule has 1 aromatic heterocycles. The van der Waals surface area contributed by atoms with Crippen molar-refractivity contribution in [3.63, 3.8) is 0 Å². The van der Waals surface area contributed by atoms with Crippen LogP contribution < -0.4 is 4.74 Å². The van der Waals surface area contributed by atoms with Crippen molar-refractivity contribution >= 4 is 15.9 Å². The summed E-state index contributed by atoms with van der Waals surface area (Å²) in [5.41, 5.74) is 1.88. The van der Waals surface area contributed by atoms with Gasteiger partial charge in [0.1, 0.15) is 12.4 Å². The molecule has 0 aliphatic carbocycles. The third-order valence-corrected chi connectivity index (χ3v) is 2.96. The predicted molar refractivity (Wildman–Crippen MR) is 73.3 cm³/mol. The number of aromatic nitrogens is 1. The van der Waals surface area contributed by atoms with Gasteiger partial charge in [-0.05, 0) is 46.6 Å². The van der Waals surface area contributed by atoms with Gasteiger partial charge in [0.15, 0.2) is 0 Å². The van der Waals surface area contributed by atoms with Gasteiger partial charge in [0.05, 0.1) is 6.10 Å². The molecule has 0 fully saturated rings. The van der Waals surface area contributed by atoms with Crippen LogP contribution in [0.4, 0.5) is 0 Å². The van der Waals surface area contributed by atoms with Gasteiger partial charge in [-0.25, -0.2) is 0 Å². The van der Waals surface area contributed by atoms with Crippen molar-refractivity contribution in [3.05, 3.63) is 58.3 Å². The van der Waals surface area contributed by atoms with Crippen molar-refractivity contribution in [2.24, 2.45) is 0 Å². The van der Waals surface area contributed by atoms with E-state index in [1.54, 1.807) is 19.3 Å². The van der Waals surface area contributed by atoms with Gasteiger partial charge in [-0.1, -0.05) is 12.1 Å². The van der Waals surface area contributed by atoms with Gasteiger partial charge in [-0.15, -0.1) is 0 Å². The third kappa shape index (κ3) is 3.55. The van der Waals surface area contributed by atoms with Gasteiger partial charge >= 0.3 is 0 Å². The number of benzene rings is 1. The molecule has 0 radical (unpaired) electrons. The Bertz CT molecular complexity index is 511. The fourth-order valence-electron chi connectivity index (χ4n) is 1.54. The summed E-state index contributed by atoms with van der Waals surface area (Å²) in [5.74, 6) is 0.777. The SMILES string of the molecule is C[C@@H](O)c1ccc(OCc2cncc(Br)c2)cc1. The van der Waals surface area contributed by atoms with E-state index in [9.17, 15) is 5.11 Å². The number of halogens is 1. The monoisotopic (exact) mass is 307 g/mol. The zero-order valence-corrected chi connectivity index (χ0v) is 11.6. The van der Waals surface area contributed by atoms with Crippen LogP contribution in [0.2, 0.25) is 0 Å². The number of hydrogen-bond acceptors (Lipinski definition) is 3. The summed E-state index contributed by atoms with van der Waals surface area (Å²) in [6.07, 6.45) is 3.06. The molecule has 94 valence electrons. The summed E-state index contributed by atoms with van der Waals surface area (Å²) in [6, 6.07) is 9.40. The highest BCUT2D eigenvalue weighted by Crippen LogP contribution is 2.18. The zero-order valence-electron chi connectivity index (χ0n) is 10.0. The molecule has 0 aliphatic heterocycles. The van der Waals surface area contributed by atoms with Crippen molar-refractivity contribution < 1.29 is 9.84 Å². The average Bonchev–Trinajstić information content (AvgIpc) is 2.37. The van der Waals surface area contributed by atoms with Crippen LogP contribution in [-0.2, 0) is 6.61 Å². The lowest BCUT2D eigenvalue weighted by Gasteiger charge is -2.08. The number of ether oxygens (including phenoxy) is 1. The number of pyridine rings is 1. The van der Waals surface area contributed by atoms with Gasteiger partial charge in [-0.3, -0.25) is 4.98 Å². The summed E-state index contributed by atoms with van der Waals surface area (Å²) in [4.78, 5) is 4.07. The maximum absolute atomic E-state index is 9.40. The Morgan fingerprint density at radius 1 is 1.28 bits per heavy atom. The molecule has 0 saturated heterocycles. The first-order valence-electron chi connectivity index (χ1n) is 5.65. The maximum atomic E-state index is 9.40. The Kier molecular flexibility index (Phi) is 4.33. The maximum Gasteiger partial charge on any atom is 0.119 e. The first kappa shape index (κ1) is 13.1. The molecule has 1 atom stereocenters. The molecule has 2 aromatic rings. The number of rotatable bonds is 4. The Hall–Kier alpha value is -1.39. The first-order valence-corrected chi connectivity index (χ1v) is 6.45. The van der Waals surface area contributed by atoms with Gasteiger partial charge in [0.2, 0.25) is 0 Å². The van der Waals surface area contributed by atoms with E-state index in [0.717, 1.165) is 21.3 Å². The van der Waals surface area contributed by atoms with E-state index in [1.807, 2.05) is 30.3 Å². The molecule has 0 spiro atoms. The van der Waals surface area contributed by atoms with Crippen LogP contribution in [0.15, 0.2) is 47.2 Å². The summed E-state index contributed by atoms with van der Waals surface area (Å²) < 4.78 is 6.58. The predicted octanol–water partition coefficient (Wildman–Crippen LogP) is 3.48. The Morgan fingerprint density at radius 2 is 2.00 bits per heavy atom. The molecule has 1 aromatic carbocycles. The molecule has 1 heterocycles. The van der Waals surface area contributed by atoms with Gasteiger partial charge < -0.3 is 9.84 Å². The second-order valence-electron chi connectivity index (χ2n) is 4.05. The van der Waals surface area contributed by atoms with Crippen molar-refractivity contribution in [1.29, 1.82) is 0 Å². The minimum Gasteiger partial charge on any atom is -0.489 e. The van der Waals surface area contributed by atoms with Crippen molar-refractivity contribution in [2.45, 2.75) is 19.6 Å².